The SMILES string of the molecule is Br.CCOc1cc2c(c(F)c1OCC)C(=N)N(CC(=O)c1cc(NCC(=O)N3CCOCC3)c(OC)c(C(C)(C)C)c1)C2. The maximum atomic E-state index is 15.5. The van der Waals surface area contributed by atoms with Crippen molar-refractivity contribution in [1.82, 2.24) is 9.80 Å². The quantitative estimate of drug-likeness (QED) is 0.330. The number of amides is 1. The second-order valence-corrected chi connectivity index (χ2v) is 11.2. The molecule has 0 aromatic heterocycles. The molecule has 4 rings (SSSR count). The molecule has 2 N–H and O–H groups in total. The van der Waals surface area contributed by atoms with Crippen LogP contribution >= 0.6 is 17.0 Å². The zero-order valence-corrected chi connectivity index (χ0v) is 27.4. The molecule has 2 aliphatic heterocycles. The van der Waals surface area contributed by atoms with Crippen LogP contribution in [0.4, 0.5) is 10.1 Å². The fraction of sp³-hybridized carbons (Fsp3) is 0.516. The largest absolute Gasteiger partial charge is 0.494 e. The molecule has 43 heavy (non-hydrogen) atoms. The van der Waals surface area contributed by atoms with Gasteiger partial charge >= 0.3 is 0 Å². The van der Waals surface area contributed by atoms with Gasteiger partial charge in [0.25, 0.3) is 0 Å². The number of fused-ring (bicyclic) bond motifs is 1. The van der Waals surface area contributed by atoms with E-state index in [-0.39, 0.29) is 83.2 Å². The van der Waals surface area contributed by atoms with Crippen LogP contribution in [0.25, 0.3) is 0 Å². The number of halogens is 2. The van der Waals surface area contributed by atoms with Crippen molar-refractivity contribution in [2.75, 3.05) is 65.0 Å². The molecular weight excluding hydrogens is 623 g/mol. The first kappa shape index (κ1) is 34.1. The second kappa shape index (κ2) is 14.4. The van der Waals surface area contributed by atoms with E-state index < -0.39 is 5.82 Å². The van der Waals surface area contributed by atoms with Gasteiger partial charge in [-0.05, 0) is 43.0 Å². The first-order valence-corrected chi connectivity index (χ1v) is 14.3. The lowest BCUT2D eigenvalue weighted by Crippen LogP contribution is -2.43. The Hall–Kier alpha value is -3.38. The van der Waals surface area contributed by atoms with Gasteiger partial charge < -0.3 is 34.1 Å². The molecular formula is C31H42BrFN4O6. The topological polar surface area (TPSA) is 113 Å². The second-order valence-electron chi connectivity index (χ2n) is 11.2. The summed E-state index contributed by atoms with van der Waals surface area (Å²) in [6.45, 7) is 12.3. The minimum Gasteiger partial charge on any atom is -0.494 e. The maximum Gasteiger partial charge on any atom is 0.242 e. The standard InChI is InChI=1S/C31H41FN4O6.BrH/c1-7-41-24-15-20-17-36(30(33)26(20)27(32)29(24)42-8-2)18-23(37)19-13-21(31(3,4)5)28(39-6)22(14-19)34-16-25(38)35-9-11-40-12-10-35;/h13-15,33-34H,7-12,16-18H2,1-6H3;1H. The van der Waals surface area contributed by atoms with Gasteiger partial charge in [0.2, 0.25) is 5.91 Å². The van der Waals surface area contributed by atoms with Gasteiger partial charge in [-0.15, -0.1) is 17.0 Å². The van der Waals surface area contributed by atoms with Gasteiger partial charge in [-0.2, -0.15) is 0 Å². The molecule has 0 bridgehead atoms. The summed E-state index contributed by atoms with van der Waals surface area (Å²) in [6.07, 6.45) is 0. The van der Waals surface area contributed by atoms with E-state index in [0.717, 1.165) is 5.56 Å². The highest BCUT2D eigenvalue weighted by molar-refractivity contribution is 8.93. The number of Topliss-reactive ketones (excluding diaryl/α,β-unsaturated/α-hetero) is 1. The number of rotatable bonds is 11. The fourth-order valence-electron chi connectivity index (χ4n) is 5.22. The lowest BCUT2D eigenvalue weighted by Gasteiger charge is -2.28. The van der Waals surface area contributed by atoms with E-state index in [4.69, 9.17) is 24.4 Å². The third kappa shape index (κ3) is 7.41. The summed E-state index contributed by atoms with van der Waals surface area (Å²) in [7, 11) is 1.56. The molecule has 1 amide bonds. The summed E-state index contributed by atoms with van der Waals surface area (Å²) in [5.74, 6) is -0.250. The molecule has 12 heteroatoms. The predicted molar refractivity (Wildman–Crippen MR) is 168 cm³/mol. The number of ketones is 1. The molecule has 2 aromatic carbocycles. The summed E-state index contributed by atoms with van der Waals surface area (Å²) in [5, 5.41) is 11.9. The molecule has 0 aliphatic carbocycles. The highest BCUT2D eigenvalue weighted by atomic mass is 79.9. The highest BCUT2D eigenvalue weighted by Gasteiger charge is 2.34. The summed E-state index contributed by atoms with van der Waals surface area (Å²) < 4.78 is 37.7. The van der Waals surface area contributed by atoms with Crippen LogP contribution < -0.4 is 19.5 Å². The third-order valence-electron chi connectivity index (χ3n) is 7.32. The number of methoxy groups -OCH3 is 1. The van der Waals surface area contributed by atoms with Crippen molar-refractivity contribution in [3.8, 4) is 17.2 Å². The number of carbonyl (C=O) groups excluding carboxylic acids is 2. The monoisotopic (exact) mass is 664 g/mol. The lowest BCUT2D eigenvalue weighted by molar-refractivity contribution is -0.133. The van der Waals surface area contributed by atoms with Crippen molar-refractivity contribution in [1.29, 1.82) is 5.41 Å². The molecule has 2 aliphatic rings. The zero-order chi connectivity index (χ0) is 30.6. The fourth-order valence-corrected chi connectivity index (χ4v) is 5.22. The van der Waals surface area contributed by atoms with Gasteiger partial charge in [-0.3, -0.25) is 15.0 Å². The van der Waals surface area contributed by atoms with Gasteiger partial charge in [0.05, 0.1) is 57.9 Å². The molecule has 236 valence electrons. The van der Waals surface area contributed by atoms with Crippen LogP contribution in [-0.4, -0.2) is 87.0 Å². The van der Waals surface area contributed by atoms with Gasteiger partial charge in [-0.25, -0.2) is 4.39 Å². The number of ether oxygens (including phenoxy) is 4. The summed E-state index contributed by atoms with van der Waals surface area (Å²) in [5.41, 5.74) is 2.03. The van der Waals surface area contributed by atoms with Crippen LogP contribution in [0.3, 0.4) is 0 Å². The molecule has 1 saturated heterocycles. The Bertz CT molecular complexity index is 1360. The van der Waals surface area contributed by atoms with Gasteiger partial charge in [0, 0.05) is 30.8 Å². The van der Waals surface area contributed by atoms with E-state index in [2.05, 4.69) is 5.32 Å². The van der Waals surface area contributed by atoms with Crippen molar-refractivity contribution < 1.29 is 32.9 Å². The normalized spacial score (nSPS) is 14.6. The molecule has 0 saturated carbocycles. The van der Waals surface area contributed by atoms with Crippen molar-refractivity contribution in [2.24, 2.45) is 0 Å². The van der Waals surface area contributed by atoms with E-state index >= 15 is 4.39 Å². The summed E-state index contributed by atoms with van der Waals surface area (Å²) in [6, 6.07) is 5.16. The maximum absolute atomic E-state index is 15.5. The molecule has 0 atom stereocenters. The number of anilines is 1. The minimum absolute atomic E-state index is 0. The van der Waals surface area contributed by atoms with Gasteiger partial charge in [0.1, 0.15) is 11.6 Å². The van der Waals surface area contributed by atoms with Gasteiger partial charge in [0.15, 0.2) is 23.1 Å². The number of nitrogens with one attached hydrogen (secondary N) is 2. The van der Waals surface area contributed by atoms with E-state index in [9.17, 15) is 9.59 Å². The van der Waals surface area contributed by atoms with E-state index in [0.29, 0.717) is 55.5 Å². The third-order valence-corrected chi connectivity index (χ3v) is 7.32. The number of hydrogen-bond acceptors (Lipinski definition) is 8. The summed E-state index contributed by atoms with van der Waals surface area (Å²) in [4.78, 5) is 29.8. The number of carbonyl (C=O) groups is 2. The van der Waals surface area contributed by atoms with Gasteiger partial charge in [-0.1, -0.05) is 20.8 Å². The Balaban J connectivity index is 0.00000506. The number of morpholine rings is 1. The average molecular weight is 666 g/mol. The first-order valence-electron chi connectivity index (χ1n) is 14.3. The van der Waals surface area contributed by atoms with Crippen LogP contribution in [0.5, 0.6) is 17.2 Å². The Labute approximate surface area is 263 Å². The number of hydrogen-bond donors (Lipinski definition) is 2. The van der Waals surface area contributed by atoms with Crippen LogP contribution in [0.15, 0.2) is 18.2 Å². The van der Waals surface area contributed by atoms with Crippen LogP contribution in [-0.2, 0) is 21.5 Å². The molecule has 1 fully saturated rings. The molecule has 2 aromatic rings. The molecule has 0 radical (unpaired) electrons. The van der Waals surface area contributed by atoms with Crippen molar-refractivity contribution in [2.45, 2.75) is 46.6 Å². The van der Waals surface area contributed by atoms with Crippen molar-refractivity contribution >= 4 is 40.2 Å². The molecule has 10 nitrogen and oxygen atoms in total. The Morgan fingerprint density at radius 1 is 1.07 bits per heavy atom. The number of nitrogens with zero attached hydrogens (tertiary/aromatic N) is 2. The van der Waals surface area contributed by atoms with Crippen molar-refractivity contribution in [3.63, 3.8) is 0 Å². The average Bonchev–Trinajstić information content (AvgIpc) is 3.27. The van der Waals surface area contributed by atoms with E-state index in [1.165, 1.54) is 4.90 Å². The predicted octanol–water partition coefficient (Wildman–Crippen LogP) is 4.80. The lowest BCUT2D eigenvalue weighted by atomic mass is 9.84. The highest BCUT2D eigenvalue weighted by Crippen LogP contribution is 2.40. The summed E-state index contributed by atoms with van der Waals surface area (Å²) >= 11 is 0. The van der Waals surface area contributed by atoms with Crippen LogP contribution in [0.1, 0.15) is 61.7 Å². The van der Waals surface area contributed by atoms with Crippen molar-refractivity contribution in [3.05, 3.63) is 46.3 Å². The van der Waals surface area contributed by atoms with E-state index in [1.54, 1.807) is 44.1 Å². The Morgan fingerprint density at radius 3 is 2.35 bits per heavy atom. The Kier molecular flexibility index (Phi) is 11.4. The minimum atomic E-state index is -0.659. The van der Waals surface area contributed by atoms with Crippen LogP contribution in [0, 0.1) is 11.2 Å². The number of benzene rings is 2. The van der Waals surface area contributed by atoms with Crippen LogP contribution in [0.2, 0.25) is 0 Å². The number of amidine groups is 1. The van der Waals surface area contributed by atoms with E-state index in [1.807, 2.05) is 20.8 Å². The molecule has 0 unspecified atom stereocenters. The molecule has 2 heterocycles. The molecule has 0 spiro atoms. The Morgan fingerprint density at radius 2 is 1.74 bits per heavy atom. The smallest absolute Gasteiger partial charge is 0.242 e. The first-order chi connectivity index (χ1) is 20.0. The zero-order valence-electron chi connectivity index (χ0n) is 25.7.